The second-order valence-electron chi connectivity index (χ2n) is 4.01. The van der Waals surface area contributed by atoms with Crippen LogP contribution in [-0.4, -0.2) is 14.5 Å². The number of halogens is 1. The Morgan fingerprint density at radius 1 is 1.60 bits per heavy atom. The zero-order valence-electron chi connectivity index (χ0n) is 8.03. The normalized spacial score (nSPS) is 16.1. The maximum absolute atomic E-state index is 11.7. The first-order valence-corrected chi connectivity index (χ1v) is 5.77. The van der Waals surface area contributed by atoms with Crippen LogP contribution in [0.15, 0.2) is 21.5 Å². The van der Waals surface area contributed by atoms with Gasteiger partial charge in [0.25, 0.3) is 0 Å². The first-order valence-electron chi connectivity index (χ1n) is 4.98. The lowest BCUT2D eigenvalue weighted by atomic mass is 10.4. The number of imidazole rings is 1. The van der Waals surface area contributed by atoms with Crippen molar-refractivity contribution in [2.45, 2.75) is 19.4 Å². The predicted molar refractivity (Wildman–Crippen MR) is 60.8 cm³/mol. The molecule has 0 amide bonds. The average molecular weight is 268 g/mol. The van der Waals surface area contributed by atoms with Gasteiger partial charge in [0, 0.05) is 17.2 Å². The van der Waals surface area contributed by atoms with Gasteiger partial charge >= 0.3 is 5.69 Å². The van der Waals surface area contributed by atoms with Gasteiger partial charge in [0.05, 0.1) is 5.52 Å². The minimum atomic E-state index is -0.0532. The molecule has 0 unspecified atom stereocenters. The highest BCUT2D eigenvalue weighted by molar-refractivity contribution is 9.10. The largest absolute Gasteiger partial charge is 0.327 e. The summed E-state index contributed by atoms with van der Waals surface area (Å²) in [5.74, 6) is 0.673. The Kier molecular flexibility index (Phi) is 1.95. The highest BCUT2D eigenvalue weighted by atomic mass is 79.9. The van der Waals surface area contributed by atoms with Gasteiger partial charge in [0.15, 0.2) is 5.65 Å². The molecular formula is C10H10BrN3O. The van der Waals surface area contributed by atoms with Gasteiger partial charge in [-0.2, -0.15) is 0 Å². The number of H-pyrrole nitrogens is 1. The molecule has 3 rings (SSSR count). The van der Waals surface area contributed by atoms with E-state index >= 15 is 0 Å². The molecule has 2 heterocycles. The van der Waals surface area contributed by atoms with Gasteiger partial charge in [-0.15, -0.1) is 0 Å². The van der Waals surface area contributed by atoms with Crippen molar-refractivity contribution < 1.29 is 0 Å². The molecular weight excluding hydrogens is 258 g/mol. The van der Waals surface area contributed by atoms with E-state index in [0.717, 1.165) is 22.2 Å². The molecule has 78 valence electrons. The van der Waals surface area contributed by atoms with Crippen LogP contribution in [0.4, 0.5) is 0 Å². The maximum atomic E-state index is 11.7. The highest BCUT2D eigenvalue weighted by Crippen LogP contribution is 2.30. The van der Waals surface area contributed by atoms with E-state index in [1.165, 1.54) is 12.8 Å². The smallest absolute Gasteiger partial charge is 0.304 e. The summed E-state index contributed by atoms with van der Waals surface area (Å²) in [6.07, 6.45) is 4.18. The summed E-state index contributed by atoms with van der Waals surface area (Å²) in [4.78, 5) is 18.7. The second-order valence-corrected chi connectivity index (χ2v) is 4.92. The van der Waals surface area contributed by atoms with Crippen LogP contribution < -0.4 is 5.69 Å². The Hall–Kier alpha value is -1.10. The quantitative estimate of drug-likeness (QED) is 0.904. The van der Waals surface area contributed by atoms with Crippen LogP contribution in [0.2, 0.25) is 0 Å². The van der Waals surface area contributed by atoms with Crippen LogP contribution in [0.25, 0.3) is 11.2 Å². The summed E-state index contributed by atoms with van der Waals surface area (Å²) in [5, 5.41) is 0. The van der Waals surface area contributed by atoms with Gasteiger partial charge in [-0.1, -0.05) is 0 Å². The lowest BCUT2D eigenvalue weighted by Crippen LogP contribution is -2.17. The summed E-state index contributed by atoms with van der Waals surface area (Å²) < 4.78 is 2.62. The van der Waals surface area contributed by atoms with Crippen molar-refractivity contribution in [3.8, 4) is 0 Å². The van der Waals surface area contributed by atoms with E-state index in [2.05, 4.69) is 25.9 Å². The summed E-state index contributed by atoms with van der Waals surface area (Å²) >= 11 is 3.34. The fourth-order valence-corrected chi connectivity index (χ4v) is 2.08. The second kappa shape index (κ2) is 3.20. The first-order chi connectivity index (χ1) is 7.24. The standard InChI is InChI=1S/C10H10BrN3O/c11-7-3-8-9(12-4-7)14(10(15)13-8)5-6-1-2-6/h3-4,6H,1-2,5H2,(H,13,15). The minimum Gasteiger partial charge on any atom is -0.304 e. The molecule has 0 saturated heterocycles. The van der Waals surface area contributed by atoms with Gasteiger partial charge < -0.3 is 4.98 Å². The zero-order valence-corrected chi connectivity index (χ0v) is 9.62. The summed E-state index contributed by atoms with van der Waals surface area (Å²) in [6, 6.07) is 1.88. The highest BCUT2D eigenvalue weighted by Gasteiger charge is 2.23. The Morgan fingerprint density at radius 2 is 2.40 bits per heavy atom. The average Bonchev–Trinajstić information content (AvgIpc) is 2.93. The number of nitrogens with zero attached hydrogens (tertiary/aromatic N) is 2. The molecule has 5 heteroatoms. The molecule has 0 bridgehead atoms. The molecule has 2 aromatic rings. The fourth-order valence-electron chi connectivity index (χ4n) is 1.75. The van der Waals surface area contributed by atoms with Crippen LogP contribution >= 0.6 is 15.9 Å². The third-order valence-corrected chi connectivity index (χ3v) is 3.15. The Morgan fingerprint density at radius 3 is 3.13 bits per heavy atom. The van der Waals surface area contributed by atoms with Crippen LogP contribution in [0.3, 0.4) is 0 Å². The van der Waals surface area contributed by atoms with Crippen molar-refractivity contribution in [1.82, 2.24) is 14.5 Å². The number of fused-ring (bicyclic) bond motifs is 1. The third kappa shape index (κ3) is 1.61. The van der Waals surface area contributed by atoms with Crippen LogP contribution in [0.1, 0.15) is 12.8 Å². The minimum absolute atomic E-state index is 0.0532. The van der Waals surface area contributed by atoms with Crippen molar-refractivity contribution in [2.24, 2.45) is 5.92 Å². The lowest BCUT2D eigenvalue weighted by Gasteiger charge is -1.99. The monoisotopic (exact) mass is 267 g/mol. The van der Waals surface area contributed by atoms with E-state index in [1.807, 2.05) is 6.07 Å². The van der Waals surface area contributed by atoms with Crippen LogP contribution in [0.5, 0.6) is 0 Å². The van der Waals surface area contributed by atoms with E-state index in [-0.39, 0.29) is 5.69 Å². The van der Waals surface area contributed by atoms with Gasteiger partial charge in [-0.25, -0.2) is 9.78 Å². The fraction of sp³-hybridized carbons (Fsp3) is 0.400. The Labute approximate surface area is 94.5 Å². The SMILES string of the molecule is O=c1[nH]c2cc(Br)cnc2n1CC1CC1. The van der Waals surface area contributed by atoms with Crippen molar-refractivity contribution in [3.05, 3.63) is 27.2 Å². The van der Waals surface area contributed by atoms with Crippen molar-refractivity contribution >= 4 is 27.1 Å². The molecule has 1 fully saturated rings. The molecule has 0 spiro atoms. The summed E-state index contributed by atoms with van der Waals surface area (Å²) in [6.45, 7) is 0.799. The number of hydrogen-bond donors (Lipinski definition) is 1. The number of nitrogens with one attached hydrogen (secondary N) is 1. The van der Waals surface area contributed by atoms with E-state index in [1.54, 1.807) is 10.8 Å². The summed E-state index contributed by atoms with van der Waals surface area (Å²) in [5.41, 5.74) is 1.51. The third-order valence-electron chi connectivity index (χ3n) is 2.71. The molecule has 0 aromatic carbocycles. The Bertz CT molecular complexity index is 568. The molecule has 0 radical (unpaired) electrons. The van der Waals surface area contributed by atoms with Crippen LogP contribution in [0, 0.1) is 5.92 Å². The van der Waals surface area contributed by atoms with Gasteiger partial charge in [0.2, 0.25) is 0 Å². The number of pyridine rings is 1. The van der Waals surface area contributed by atoms with E-state index in [4.69, 9.17) is 0 Å². The molecule has 1 aliphatic rings. The molecule has 15 heavy (non-hydrogen) atoms. The first kappa shape index (κ1) is 9.15. The van der Waals surface area contributed by atoms with Crippen molar-refractivity contribution in [1.29, 1.82) is 0 Å². The molecule has 0 atom stereocenters. The maximum Gasteiger partial charge on any atom is 0.327 e. The molecule has 1 aliphatic carbocycles. The zero-order chi connectivity index (χ0) is 10.4. The van der Waals surface area contributed by atoms with Gasteiger partial charge in [-0.3, -0.25) is 4.57 Å². The predicted octanol–water partition coefficient (Wildman–Crippen LogP) is 1.90. The molecule has 1 saturated carbocycles. The molecule has 0 aliphatic heterocycles. The number of aromatic amines is 1. The van der Waals surface area contributed by atoms with E-state index < -0.39 is 0 Å². The topological polar surface area (TPSA) is 50.7 Å². The van der Waals surface area contributed by atoms with Crippen LogP contribution in [-0.2, 0) is 6.54 Å². The number of rotatable bonds is 2. The van der Waals surface area contributed by atoms with Crippen molar-refractivity contribution in [3.63, 3.8) is 0 Å². The van der Waals surface area contributed by atoms with E-state index in [9.17, 15) is 4.79 Å². The molecule has 2 aromatic heterocycles. The van der Waals surface area contributed by atoms with Crippen molar-refractivity contribution in [2.75, 3.05) is 0 Å². The molecule has 1 N–H and O–H groups in total. The lowest BCUT2D eigenvalue weighted by molar-refractivity contribution is 0.620. The molecule has 4 nitrogen and oxygen atoms in total. The van der Waals surface area contributed by atoms with Gasteiger partial charge in [0.1, 0.15) is 0 Å². The Balaban J connectivity index is 2.18. The van der Waals surface area contributed by atoms with Gasteiger partial charge in [-0.05, 0) is 40.8 Å². The number of hydrogen-bond acceptors (Lipinski definition) is 2. The van der Waals surface area contributed by atoms with E-state index in [0.29, 0.717) is 5.92 Å². The summed E-state index contributed by atoms with van der Waals surface area (Å²) in [7, 11) is 0. The number of aromatic nitrogens is 3.